The third-order valence-electron chi connectivity index (χ3n) is 2.88. The van der Waals surface area contributed by atoms with Crippen LogP contribution >= 0.6 is 0 Å². The van der Waals surface area contributed by atoms with Crippen molar-refractivity contribution in [3.8, 4) is 6.07 Å². The zero-order valence-corrected chi connectivity index (χ0v) is 8.99. The molecule has 0 aromatic carbocycles. The van der Waals surface area contributed by atoms with Crippen molar-refractivity contribution >= 4 is 5.78 Å². The van der Waals surface area contributed by atoms with Crippen LogP contribution in [0.25, 0.3) is 0 Å². The van der Waals surface area contributed by atoms with Crippen LogP contribution in [0.3, 0.4) is 0 Å². The fraction of sp³-hybridized carbons (Fsp3) is 0.818. The van der Waals surface area contributed by atoms with Gasteiger partial charge in [-0.25, -0.2) is 0 Å². The van der Waals surface area contributed by atoms with E-state index in [1.54, 1.807) is 0 Å². The van der Waals surface area contributed by atoms with Gasteiger partial charge in [-0.3, -0.25) is 9.69 Å². The minimum Gasteiger partial charge on any atom is -0.298 e. The second-order valence-electron chi connectivity index (χ2n) is 4.03. The molecule has 1 rings (SSSR count). The summed E-state index contributed by atoms with van der Waals surface area (Å²) in [6.45, 7) is 4.65. The minimum absolute atomic E-state index is 0.0701. The number of nitrogens with zero attached hydrogens (tertiary/aromatic N) is 2. The van der Waals surface area contributed by atoms with Gasteiger partial charge in [0.2, 0.25) is 0 Å². The summed E-state index contributed by atoms with van der Waals surface area (Å²) in [6.07, 6.45) is 3.45. The van der Waals surface area contributed by atoms with E-state index in [1.165, 1.54) is 0 Å². The summed E-state index contributed by atoms with van der Waals surface area (Å²) in [6, 6.07) is 2.61. The monoisotopic (exact) mass is 194 g/mol. The molecule has 78 valence electrons. The lowest BCUT2D eigenvalue weighted by Gasteiger charge is -2.35. The third kappa shape index (κ3) is 2.55. The molecule has 3 nitrogen and oxygen atoms in total. The SMILES string of the molecule is CCCC(C#N)N1CC(=O)CCC1C. The maximum Gasteiger partial charge on any atom is 0.146 e. The van der Waals surface area contributed by atoms with Crippen molar-refractivity contribution in [2.45, 2.75) is 51.6 Å². The summed E-state index contributed by atoms with van der Waals surface area (Å²) in [7, 11) is 0. The van der Waals surface area contributed by atoms with Crippen molar-refractivity contribution in [1.82, 2.24) is 4.90 Å². The molecule has 0 N–H and O–H groups in total. The number of hydrogen-bond donors (Lipinski definition) is 0. The molecule has 1 saturated heterocycles. The highest BCUT2D eigenvalue weighted by molar-refractivity contribution is 5.81. The summed E-state index contributed by atoms with van der Waals surface area (Å²) in [5, 5.41) is 9.01. The zero-order chi connectivity index (χ0) is 10.6. The molecule has 0 bridgehead atoms. The number of ketones is 1. The Morgan fingerprint density at radius 1 is 1.71 bits per heavy atom. The summed E-state index contributed by atoms with van der Waals surface area (Å²) < 4.78 is 0. The van der Waals surface area contributed by atoms with E-state index < -0.39 is 0 Å². The highest BCUT2D eigenvalue weighted by Gasteiger charge is 2.28. The van der Waals surface area contributed by atoms with Gasteiger partial charge in [-0.15, -0.1) is 0 Å². The summed E-state index contributed by atoms with van der Waals surface area (Å²) in [5.41, 5.74) is 0. The van der Waals surface area contributed by atoms with Gasteiger partial charge in [-0.2, -0.15) is 5.26 Å². The largest absolute Gasteiger partial charge is 0.298 e. The Bertz CT molecular complexity index is 244. The molecular formula is C11H18N2O. The van der Waals surface area contributed by atoms with Crippen LogP contribution in [0.15, 0.2) is 0 Å². The Morgan fingerprint density at radius 2 is 2.43 bits per heavy atom. The Balaban J connectivity index is 2.62. The van der Waals surface area contributed by atoms with Gasteiger partial charge >= 0.3 is 0 Å². The van der Waals surface area contributed by atoms with Gasteiger partial charge in [-0.05, 0) is 19.8 Å². The van der Waals surface area contributed by atoms with E-state index in [2.05, 4.69) is 24.8 Å². The number of nitriles is 1. The van der Waals surface area contributed by atoms with Gasteiger partial charge < -0.3 is 0 Å². The molecule has 1 aliphatic rings. The lowest BCUT2D eigenvalue weighted by Crippen LogP contribution is -2.47. The third-order valence-corrected chi connectivity index (χ3v) is 2.88. The number of hydrogen-bond acceptors (Lipinski definition) is 3. The molecule has 2 atom stereocenters. The molecule has 1 fully saturated rings. The predicted molar refractivity (Wildman–Crippen MR) is 54.7 cm³/mol. The molecule has 0 aromatic rings. The van der Waals surface area contributed by atoms with Crippen molar-refractivity contribution in [2.24, 2.45) is 0 Å². The van der Waals surface area contributed by atoms with Gasteiger partial charge in [0.05, 0.1) is 18.7 Å². The van der Waals surface area contributed by atoms with E-state index in [9.17, 15) is 4.79 Å². The van der Waals surface area contributed by atoms with Crippen molar-refractivity contribution in [1.29, 1.82) is 5.26 Å². The second-order valence-corrected chi connectivity index (χ2v) is 4.03. The second kappa shape index (κ2) is 5.11. The highest BCUT2D eigenvalue weighted by Crippen LogP contribution is 2.19. The van der Waals surface area contributed by atoms with Crippen LogP contribution in [-0.4, -0.2) is 29.3 Å². The van der Waals surface area contributed by atoms with E-state index in [0.29, 0.717) is 19.0 Å². The van der Waals surface area contributed by atoms with E-state index in [0.717, 1.165) is 19.3 Å². The normalized spacial score (nSPS) is 25.8. The van der Waals surface area contributed by atoms with Crippen LogP contribution in [0.5, 0.6) is 0 Å². The maximum atomic E-state index is 11.3. The fourth-order valence-electron chi connectivity index (χ4n) is 1.97. The first-order chi connectivity index (χ1) is 6.69. The van der Waals surface area contributed by atoms with Crippen LogP contribution in [0.1, 0.15) is 39.5 Å². The average Bonchev–Trinajstić information content (AvgIpc) is 2.18. The molecule has 1 heterocycles. The number of carbonyl (C=O) groups is 1. The van der Waals surface area contributed by atoms with Crippen molar-refractivity contribution < 1.29 is 4.79 Å². The van der Waals surface area contributed by atoms with Crippen LogP contribution in [-0.2, 0) is 4.79 Å². The summed E-state index contributed by atoms with van der Waals surface area (Å²) >= 11 is 0. The van der Waals surface area contributed by atoms with E-state index in [1.807, 2.05) is 0 Å². The van der Waals surface area contributed by atoms with Gasteiger partial charge in [0.25, 0.3) is 0 Å². The number of Topliss-reactive ketones (excluding diaryl/α,β-unsaturated/α-hetero) is 1. The highest BCUT2D eigenvalue weighted by atomic mass is 16.1. The Kier molecular flexibility index (Phi) is 4.09. The number of rotatable bonds is 3. The maximum absolute atomic E-state index is 11.3. The predicted octanol–water partition coefficient (Wildman–Crippen LogP) is 1.73. The Hall–Kier alpha value is -0.880. The number of carbonyl (C=O) groups excluding carboxylic acids is 1. The average molecular weight is 194 g/mol. The molecular weight excluding hydrogens is 176 g/mol. The van der Waals surface area contributed by atoms with Gasteiger partial charge in [0.1, 0.15) is 5.78 Å². The van der Waals surface area contributed by atoms with Gasteiger partial charge in [0.15, 0.2) is 0 Å². The molecule has 1 aliphatic heterocycles. The Labute approximate surface area is 85.7 Å². The smallest absolute Gasteiger partial charge is 0.146 e. The first-order valence-electron chi connectivity index (χ1n) is 5.36. The molecule has 0 aliphatic carbocycles. The van der Waals surface area contributed by atoms with E-state index in [4.69, 9.17) is 5.26 Å². The molecule has 0 aromatic heterocycles. The molecule has 0 spiro atoms. The molecule has 14 heavy (non-hydrogen) atoms. The quantitative estimate of drug-likeness (QED) is 0.687. The molecule has 0 amide bonds. The van der Waals surface area contributed by atoms with Crippen molar-refractivity contribution in [3.05, 3.63) is 0 Å². The lowest BCUT2D eigenvalue weighted by atomic mass is 9.99. The van der Waals surface area contributed by atoms with Gasteiger partial charge in [0, 0.05) is 12.5 Å². The Morgan fingerprint density at radius 3 is 3.00 bits per heavy atom. The summed E-state index contributed by atoms with van der Waals surface area (Å²) in [5.74, 6) is 0.277. The van der Waals surface area contributed by atoms with Crippen LogP contribution in [0.2, 0.25) is 0 Å². The summed E-state index contributed by atoms with van der Waals surface area (Å²) in [4.78, 5) is 13.3. The first-order valence-corrected chi connectivity index (χ1v) is 5.36. The van der Waals surface area contributed by atoms with Crippen LogP contribution < -0.4 is 0 Å². The van der Waals surface area contributed by atoms with E-state index in [-0.39, 0.29) is 11.8 Å². The minimum atomic E-state index is -0.0701. The first kappa shape index (κ1) is 11.2. The fourth-order valence-corrected chi connectivity index (χ4v) is 1.97. The topological polar surface area (TPSA) is 44.1 Å². The van der Waals surface area contributed by atoms with Crippen molar-refractivity contribution in [2.75, 3.05) is 6.54 Å². The molecule has 0 radical (unpaired) electrons. The zero-order valence-electron chi connectivity index (χ0n) is 8.99. The van der Waals surface area contributed by atoms with Crippen molar-refractivity contribution in [3.63, 3.8) is 0 Å². The van der Waals surface area contributed by atoms with Crippen LogP contribution in [0, 0.1) is 11.3 Å². The molecule has 2 unspecified atom stereocenters. The van der Waals surface area contributed by atoms with Crippen LogP contribution in [0.4, 0.5) is 0 Å². The molecule has 3 heteroatoms. The van der Waals surface area contributed by atoms with Gasteiger partial charge in [-0.1, -0.05) is 13.3 Å². The number of likely N-dealkylation sites (tertiary alicyclic amines) is 1. The van der Waals surface area contributed by atoms with E-state index >= 15 is 0 Å². The number of piperidine rings is 1. The molecule has 0 saturated carbocycles. The lowest BCUT2D eigenvalue weighted by molar-refractivity contribution is -0.124. The standard InChI is InChI=1S/C11H18N2O/c1-3-4-10(7-12)13-8-11(14)6-5-9(13)2/h9-10H,3-6,8H2,1-2H3.